The summed E-state index contributed by atoms with van der Waals surface area (Å²) in [5.41, 5.74) is 0.819. The fourth-order valence-corrected chi connectivity index (χ4v) is 1.94. The lowest BCUT2D eigenvalue weighted by Gasteiger charge is -2.05. The summed E-state index contributed by atoms with van der Waals surface area (Å²) in [5, 5.41) is 3.51. The van der Waals surface area contributed by atoms with Crippen molar-refractivity contribution in [3.05, 3.63) is 49.1 Å². The molecule has 0 saturated heterocycles. The van der Waals surface area contributed by atoms with E-state index in [1.807, 2.05) is 18.2 Å². The minimum atomic E-state index is -0.176. The zero-order chi connectivity index (χ0) is 13.9. The van der Waals surface area contributed by atoms with Crippen molar-refractivity contribution >= 4 is 16.9 Å². The Morgan fingerprint density at radius 2 is 2.20 bits per heavy atom. The molecule has 100 valence electrons. The molecule has 0 aliphatic rings. The van der Waals surface area contributed by atoms with E-state index in [0.29, 0.717) is 11.6 Å². The highest BCUT2D eigenvalue weighted by atomic mass is 16.5. The number of nitrogens with one attached hydrogen (secondary N) is 1. The van der Waals surface area contributed by atoms with Crippen molar-refractivity contribution < 1.29 is 9.53 Å². The summed E-state index contributed by atoms with van der Waals surface area (Å²) < 4.78 is 7.17. The lowest BCUT2D eigenvalue weighted by atomic mass is 10.2. The second-order valence-electron chi connectivity index (χ2n) is 4.11. The van der Waals surface area contributed by atoms with Gasteiger partial charge in [-0.05, 0) is 24.3 Å². The number of rotatable bonds is 2. The van der Waals surface area contributed by atoms with Gasteiger partial charge in [-0.1, -0.05) is 0 Å². The molecular weight excluding hydrogens is 256 g/mol. The molecule has 0 unspecified atom stereocenters. The Morgan fingerprint density at radius 3 is 2.95 bits per heavy atom. The molecule has 1 N–H and O–H groups in total. The van der Waals surface area contributed by atoms with Crippen LogP contribution in [0.5, 0.6) is 11.6 Å². The minimum Gasteiger partial charge on any atom is -0.439 e. The van der Waals surface area contributed by atoms with E-state index in [-0.39, 0.29) is 6.03 Å². The maximum absolute atomic E-state index is 11.7. The van der Waals surface area contributed by atoms with Crippen LogP contribution in [0, 0.1) is 0 Å². The second kappa shape index (κ2) is 5.00. The number of carbonyl (C=O) groups excluding carboxylic acids is 1. The van der Waals surface area contributed by atoms with E-state index >= 15 is 0 Å². The van der Waals surface area contributed by atoms with Gasteiger partial charge in [-0.2, -0.15) is 0 Å². The first kappa shape index (κ1) is 12.2. The van der Waals surface area contributed by atoms with Crippen molar-refractivity contribution in [3.63, 3.8) is 0 Å². The number of amides is 1. The SMILES string of the molecule is CNC(=O)n1ccc2cc(Oc3ccncn3)ccc21. The van der Waals surface area contributed by atoms with Crippen LogP contribution in [0.1, 0.15) is 0 Å². The number of fused-ring (bicyclic) bond motifs is 1. The van der Waals surface area contributed by atoms with Gasteiger partial charge in [0.1, 0.15) is 12.1 Å². The van der Waals surface area contributed by atoms with Gasteiger partial charge in [0, 0.05) is 30.9 Å². The predicted molar refractivity (Wildman–Crippen MR) is 73.9 cm³/mol. The summed E-state index contributed by atoms with van der Waals surface area (Å²) in [4.78, 5) is 19.5. The molecule has 6 heteroatoms. The Morgan fingerprint density at radius 1 is 1.30 bits per heavy atom. The van der Waals surface area contributed by atoms with Crippen LogP contribution in [0.25, 0.3) is 10.9 Å². The molecule has 0 saturated carbocycles. The van der Waals surface area contributed by atoms with Gasteiger partial charge in [-0.25, -0.2) is 14.8 Å². The lowest BCUT2D eigenvalue weighted by molar-refractivity contribution is 0.245. The topological polar surface area (TPSA) is 69.0 Å². The van der Waals surface area contributed by atoms with Gasteiger partial charge < -0.3 is 10.1 Å². The molecule has 3 rings (SSSR count). The summed E-state index contributed by atoms with van der Waals surface area (Å²) in [7, 11) is 1.60. The molecule has 3 aromatic rings. The molecule has 1 amide bonds. The van der Waals surface area contributed by atoms with E-state index in [2.05, 4.69) is 15.3 Å². The quantitative estimate of drug-likeness (QED) is 0.775. The molecule has 20 heavy (non-hydrogen) atoms. The molecule has 0 bridgehead atoms. The third kappa shape index (κ3) is 2.18. The number of benzene rings is 1. The van der Waals surface area contributed by atoms with Crippen LogP contribution in [0.3, 0.4) is 0 Å². The van der Waals surface area contributed by atoms with E-state index in [1.54, 1.807) is 36.1 Å². The summed E-state index contributed by atoms with van der Waals surface area (Å²) >= 11 is 0. The molecule has 6 nitrogen and oxygen atoms in total. The van der Waals surface area contributed by atoms with Crippen LogP contribution in [-0.4, -0.2) is 27.6 Å². The highest BCUT2D eigenvalue weighted by Gasteiger charge is 2.08. The van der Waals surface area contributed by atoms with E-state index in [1.165, 1.54) is 6.33 Å². The van der Waals surface area contributed by atoms with Gasteiger partial charge in [0.25, 0.3) is 0 Å². The van der Waals surface area contributed by atoms with Crippen molar-refractivity contribution in [2.75, 3.05) is 7.05 Å². The third-order valence-electron chi connectivity index (χ3n) is 2.87. The number of hydrogen-bond donors (Lipinski definition) is 1. The van der Waals surface area contributed by atoms with Crippen molar-refractivity contribution in [1.29, 1.82) is 0 Å². The zero-order valence-electron chi connectivity index (χ0n) is 10.8. The van der Waals surface area contributed by atoms with Gasteiger partial charge in [0.2, 0.25) is 5.88 Å². The van der Waals surface area contributed by atoms with Crippen molar-refractivity contribution in [1.82, 2.24) is 19.9 Å². The molecular formula is C14H12N4O2. The van der Waals surface area contributed by atoms with Gasteiger partial charge in [0.05, 0.1) is 5.52 Å². The largest absolute Gasteiger partial charge is 0.439 e. The summed E-state index contributed by atoms with van der Waals surface area (Å²) in [5.74, 6) is 1.14. The van der Waals surface area contributed by atoms with Crippen LogP contribution in [0.2, 0.25) is 0 Å². The van der Waals surface area contributed by atoms with Crippen LogP contribution >= 0.6 is 0 Å². The van der Waals surface area contributed by atoms with Crippen LogP contribution < -0.4 is 10.1 Å². The first-order valence-corrected chi connectivity index (χ1v) is 6.05. The lowest BCUT2D eigenvalue weighted by Crippen LogP contribution is -2.23. The first-order chi connectivity index (χ1) is 9.78. The maximum Gasteiger partial charge on any atom is 0.325 e. The molecule has 2 aromatic heterocycles. The number of hydrogen-bond acceptors (Lipinski definition) is 4. The highest BCUT2D eigenvalue weighted by Crippen LogP contribution is 2.25. The first-order valence-electron chi connectivity index (χ1n) is 6.05. The van der Waals surface area contributed by atoms with Gasteiger partial charge in [0.15, 0.2) is 0 Å². The van der Waals surface area contributed by atoms with Crippen LogP contribution in [-0.2, 0) is 0 Å². The minimum absolute atomic E-state index is 0.176. The average Bonchev–Trinajstić information content (AvgIpc) is 2.90. The van der Waals surface area contributed by atoms with Crippen LogP contribution in [0.4, 0.5) is 4.79 Å². The van der Waals surface area contributed by atoms with Crippen molar-refractivity contribution in [3.8, 4) is 11.6 Å². The molecule has 0 fully saturated rings. The fourth-order valence-electron chi connectivity index (χ4n) is 1.94. The zero-order valence-corrected chi connectivity index (χ0v) is 10.8. The Bertz CT molecular complexity index is 752. The van der Waals surface area contributed by atoms with E-state index in [0.717, 1.165) is 10.9 Å². The Labute approximate surface area is 115 Å². The van der Waals surface area contributed by atoms with E-state index in [9.17, 15) is 4.79 Å². The molecule has 0 aliphatic carbocycles. The summed E-state index contributed by atoms with van der Waals surface area (Å²) in [6.07, 6.45) is 4.76. The number of aromatic nitrogens is 3. The smallest absolute Gasteiger partial charge is 0.325 e. The summed E-state index contributed by atoms with van der Waals surface area (Å²) in [6, 6.07) is 8.85. The molecule has 0 atom stereocenters. The standard InChI is InChI=1S/C14H12N4O2/c1-15-14(19)18-7-5-10-8-11(2-3-12(10)18)20-13-4-6-16-9-17-13/h2-9H,1H3,(H,15,19). The van der Waals surface area contributed by atoms with Gasteiger partial charge >= 0.3 is 6.03 Å². The normalized spacial score (nSPS) is 10.4. The number of nitrogens with zero attached hydrogens (tertiary/aromatic N) is 3. The molecule has 0 radical (unpaired) electrons. The van der Waals surface area contributed by atoms with Crippen LogP contribution in [0.15, 0.2) is 49.1 Å². The number of ether oxygens (including phenoxy) is 1. The maximum atomic E-state index is 11.7. The van der Waals surface area contributed by atoms with Crippen molar-refractivity contribution in [2.45, 2.75) is 0 Å². The molecule has 1 aromatic carbocycles. The average molecular weight is 268 g/mol. The van der Waals surface area contributed by atoms with Crippen molar-refractivity contribution in [2.24, 2.45) is 0 Å². The number of carbonyl (C=O) groups is 1. The second-order valence-corrected chi connectivity index (χ2v) is 4.11. The Balaban J connectivity index is 1.94. The van der Waals surface area contributed by atoms with E-state index < -0.39 is 0 Å². The monoisotopic (exact) mass is 268 g/mol. The van der Waals surface area contributed by atoms with Gasteiger partial charge in [-0.15, -0.1) is 0 Å². The fraction of sp³-hybridized carbons (Fsp3) is 0.0714. The Kier molecular flexibility index (Phi) is 3.04. The molecule has 0 spiro atoms. The highest BCUT2D eigenvalue weighted by molar-refractivity contribution is 5.92. The predicted octanol–water partition coefficient (Wildman–Crippen LogP) is 2.41. The molecule has 0 aliphatic heterocycles. The van der Waals surface area contributed by atoms with Gasteiger partial charge in [-0.3, -0.25) is 4.57 Å². The Hall–Kier alpha value is -2.89. The third-order valence-corrected chi connectivity index (χ3v) is 2.87. The molecule has 2 heterocycles. The summed E-state index contributed by atoms with van der Waals surface area (Å²) in [6.45, 7) is 0. The van der Waals surface area contributed by atoms with E-state index in [4.69, 9.17) is 4.74 Å².